The maximum Gasteiger partial charge on any atom is 0.217 e. The van der Waals surface area contributed by atoms with Crippen LogP contribution in [0, 0.1) is 0 Å². The molecule has 6 N–H and O–H groups in total. The van der Waals surface area contributed by atoms with E-state index in [1.165, 1.54) is 0 Å². The fourth-order valence-electron chi connectivity index (χ4n) is 1.18. The maximum absolute atomic E-state index is 10.2. The summed E-state index contributed by atoms with van der Waals surface area (Å²) in [4.78, 5) is 20.3. The third-order valence-electron chi connectivity index (χ3n) is 2.16. The van der Waals surface area contributed by atoms with Crippen LogP contribution in [0.3, 0.4) is 0 Å². The second kappa shape index (κ2) is 15.9. The molecule has 0 saturated carbocycles. The number of primary amides is 2. The predicted molar refractivity (Wildman–Crippen MR) is 69.5 cm³/mol. The van der Waals surface area contributed by atoms with Crippen molar-refractivity contribution in [2.24, 2.45) is 11.5 Å². The van der Waals surface area contributed by atoms with Crippen molar-refractivity contribution in [1.82, 2.24) is 0 Å². The Morgan fingerprint density at radius 3 is 1.22 bits per heavy atom. The van der Waals surface area contributed by atoms with Gasteiger partial charge >= 0.3 is 0 Å². The largest absolute Gasteiger partial charge is 0.396 e. The molecule has 6 heteroatoms. The average Bonchev–Trinajstić information content (AvgIpc) is 2.31. The van der Waals surface area contributed by atoms with Crippen LogP contribution in [0.25, 0.3) is 0 Å². The lowest BCUT2D eigenvalue weighted by Crippen LogP contribution is -2.12. The second-order valence-corrected chi connectivity index (χ2v) is 4.00. The highest BCUT2D eigenvalue weighted by atomic mass is 16.3. The van der Waals surface area contributed by atoms with Gasteiger partial charge in [0.05, 0.1) is 0 Å². The van der Waals surface area contributed by atoms with E-state index in [4.69, 9.17) is 21.7 Å². The van der Waals surface area contributed by atoms with Crippen LogP contribution in [0.5, 0.6) is 0 Å². The predicted octanol–water partition coefficient (Wildman–Crippen LogP) is 0.0488. The van der Waals surface area contributed by atoms with Crippen molar-refractivity contribution in [3.05, 3.63) is 0 Å². The molecule has 0 rings (SSSR count). The first-order valence-corrected chi connectivity index (χ1v) is 6.33. The standard InChI is InChI=1S/C6H12N2O2.C6H14O2/c7-5(9)3-1-2-4-6(8)10;7-5-3-1-2-4-6-8/h1-4H2,(H2,7,9)(H2,8,10);7-8H,1-6H2. The lowest BCUT2D eigenvalue weighted by Gasteiger charge is -1.93. The second-order valence-electron chi connectivity index (χ2n) is 4.00. The van der Waals surface area contributed by atoms with Gasteiger partial charge in [-0.1, -0.05) is 12.8 Å². The van der Waals surface area contributed by atoms with Crippen LogP contribution in [-0.2, 0) is 9.59 Å². The van der Waals surface area contributed by atoms with Crippen molar-refractivity contribution >= 4 is 11.8 Å². The highest BCUT2D eigenvalue weighted by molar-refractivity contribution is 5.74. The normalized spacial score (nSPS) is 9.44. The zero-order valence-corrected chi connectivity index (χ0v) is 10.9. The van der Waals surface area contributed by atoms with Crippen molar-refractivity contribution in [1.29, 1.82) is 0 Å². The summed E-state index contributed by atoms with van der Waals surface area (Å²) in [6.45, 7) is 0.566. The van der Waals surface area contributed by atoms with Crippen LogP contribution in [-0.4, -0.2) is 35.2 Å². The lowest BCUT2D eigenvalue weighted by atomic mass is 10.2. The number of aliphatic hydroxyl groups excluding tert-OH is 2. The van der Waals surface area contributed by atoms with Crippen LogP contribution in [0.15, 0.2) is 0 Å². The van der Waals surface area contributed by atoms with E-state index in [0.717, 1.165) is 25.7 Å². The molecule has 0 aromatic carbocycles. The van der Waals surface area contributed by atoms with E-state index in [-0.39, 0.29) is 25.0 Å². The van der Waals surface area contributed by atoms with Crippen LogP contribution >= 0.6 is 0 Å². The minimum atomic E-state index is -0.329. The molecule has 0 aliphatic carbocycles. The van der Waals surface area contributed by atoms with Crippen molar-refractivity contribution in [2.75, 3.05) is 13.2 Å². The Labute approximate surface area is 108 Å². The first kappa shape index (κ1) is 19.2. The fraction of sp³-hybridized carbons (Fsp3) is 0.833. The van der Waals surface area contributed by atoms with Gasteiger partial charge in [-0.05, 0) is 25.7 Å². The number of carbonyl (C=O) groups is 2. The summed E-state index contributed by atoms with van der Waals surface area (Å²) in [6.07, 6.45) is 5.81. The highest BCUT2D eigenvalue weighted by Gasteiger charge is 1.96. The molecule has 6 nitrogen and oxygen atoms in total. The van der Waals surface area contributed by atoms with Crippen molar-refractivity contribution in [3.63, 3.8) is 0 Å². The Bertz CT molecular complexity index is 188. The summed E-state index contributed by atoms with van der Waals surface area (Å²) in [7, 11) is 0. The topological polar surface area (TPSA) is 127 Å². The van der Waals surface area contributed by atoms with Crippen molar-refractivity contribution in [2.45, 2.75) is 51.4 Å². The number of amides is 2. The zero-order valence-electron chi connectivity index (χ0n) is 10.9. The molecule has 0 aromatic rings. The van der Waals surface area contributed by atoms with Crippen LogP contribution in [0.1, 0.15) is 51.4 Å². The average molecular weight is 262 g/mol. The number of hydrogen-bond acceptors (Lipinski definition) is 4. The summed E-state index contributed by atoms with van der Waals surface area (Å²) in [6, 6.07) is 0. The minimum Gasteiger partial charge on any atom is -0.396 e. The first-order valence-electron chi connectivity index (χ1n) is 6.33. The van der Waals surface area contributed by atoms with E-state index in [1.807, 2.05) is 0 Å². The Kier molecular flexibility index (Phi) is 16.9. The van der Waals surface area contributed by atoms with E-state index in [0.29, 0.717) is 25.7 Å². The van der Waals surface area contributed by atoms with E-state index in [9.17, 15) is 9.59 Å². The van der Waals surface area contributed by atoms with E-state index >= 15 is 0 Å². The van der Waals surface area contributed by atoms with Gasteiger partial charge in [0, 0.05) is 26.1 Å². The van der Waals surface area contributed by atoms with E-state index in [1.54, 1.807) is 0 Å². The van der Waals surface area contributed by atoms with Gasteiger partial charge in [-0.3, -0.25) is 9.59 Å². The molecule has 0 bridgehead atoms. The molecule has 2 amide bonds. The molecule has 0 aliphatic rings. The molecule has 0 fully saturated rings. The molecule has 108 valence electrons. The van der Waals surface area contributed by atoms with Crippen LogP contribution in [0.2, 0.25) is 0 Å². The molecule has 18 heavy (non-hydrogen) atoms. The van der Waals surface area contributed by atoms with Gasteiger partial charge in [-0.25, -0.2) is 0 Å². The Morgan fingerprint density at radius 2 is 1.00 bits per heavy atom. The van der Waals surface area contributed by atoms with Gasteiger partial charge in [0.2, 0.25) is 11.8 Å². The Balaban J connectivity index is 0. The van der Waals surface area contributed by atoms with E-state index < -0.39 is 0 Å². The van der Waals surface area contributed by atoms with Crippen molar-refractivity contribution in [3.8, 4) is 0 Å². The van der Waals surface area contributed by atoms with Crippen molar-refractivity contribution < 1.29 is 19.8 Å². The number of aliphatic hydroxyl groups is 2. The molecule has 0 spiro atoms. The van der Waals surface area contributed by atoms with Crippen LogP contribution in [0.4, 0.5) is 0 Å². The summed E-state index contributed by atoms with van der Waals surface area (Å²) in [5.41, 5.74) is 9.71. The molecular formula is C12H26N2O4. The number of nitrogens with two attached hydrogens (primary N) is 2. The summed E-state index contributed by atoms with van der Waals surface area (Å²) in [5.74, 6) is -0.658. The summed E-state index contributed by atoms with van der Waals surface area (Å²) in [5, 5.41) is 16.6. The molecule has 0 unspecified atom stereocenters. The molecule has 0 aliphatic heterocycles. The van der Waals surface area contributed by atoms with Gasteiger partial charge in [0.1, 0.15) is 0 Å². The first-order chi connectivity index (χ1) is 8.54. The zero-order chi connectivity index (χ0) is 14.2. The van der Waals surface area contributed by atoms with Gasteiger partial charge in [-0.15, -0.1) is 0 Å². The maximum atomic E-state index is 10.2. The van der Waals surface area contributed by atoms with Gasteiger partial charge in [0.25, 0.3) is 0 Å². The number of unbranched alkanes of at least 4 members (excludes halogenated alkanes) is 4. The lowest BCUT2D eigenvalue weighted by molar-refractivity contribution is -0.119. The third-order valence-corrected chi connectivity index (χ3v) is 2.16. The molecule has 0 atom stereocenters. The quantitative estimate of drug-likeness (QED) is 0.415. The smallest absolute Gasteiger partial charge is 0.217 e. The molecule has 0 radical (unpaired) electrons. The number of hydrogen-bond donors (Lipinski definition) is 4. The van der Waals surface area contributed by atoms with Gasteiger partial charge < -0.3 is 21.7 Å². The SMILES string of the molecule is NC(=O)CCCCC(N)=O.OCCCCCCO. The number of carbonyl (C=O) groups excluding carboxylic acids is 2. The minimum absolute atomic E-state index is 0.283. The molecule has 0 saturated heterocycles. The molecule has 0 heterocycles. The van der Waals surface area contributed by atoms with E-state index in [2.05, 4.69) is 0 Å². The molecule has 0 aromatic heterocycles. The van der Waals surface area contributed by atoms with Gasteiger partial charge in [0.15, 0.2) is 0 Å². The monoisotopic (exact) mass is 262 g/mol. The summed E-state index contributed by atoms with van der Waals surface area (Å²) >= 11 is 0. The summed E-state index contributed by atoms with van der Waals surface area (Å²) < 4.78 is 0. The fourth-order valence-corrected chi connectivity index (χ4v) is 1.18. The number of rotatable bonds is 10. The third kappa shape index (κ3) is 24.2. The molecular weight excluding hydrogens is 236 g/mol. The Hall–Kier alpha value is -1.14. The van der Waals surface area contributed by atoms with Gasteiger partial charge in [-0.2, -0.15) is 0 Å². The Morgan fingerprint density at radius 1 is 0.667 bits per heavy atom. The van der Waals surface area contributed by atoms with Crippen LogP contribution < -0.4 is 11.5 Å². The highest BCUT2D eigenvalue weighted by Crippen LogP contribution is 1.97.